The van der Waals surface area contributed by atoms with Gasteiger partial charge in [-0.15, -0.1) is 0 Å². The number of aromatic amines is 1. The van der Waals surface area contributed by atoms with Gasteiger partial charge in [0.1, 0.15) is 5.82 Å². The number of benzene rings is 2. The first-order chi connectivity index (χ1) is 15.3. The number of pyridine rings is 1. The second kappa shape index (κ2) is 7.88. The van der Waals surface area contributed by atoms with Gasteiger partial charge in [0.25, 0.3) is 0 Å². The van der Waals surface area contributed by atoms with Gasteiger partial charge in [0.15, 0.2) is 9.84 Å². The van der Waals surface area contributed by atoms with Crippen molar-refractivity contribution in [1.82, 2.24) is 14.5 Å². The summed E-state index contributed by atoms with van der Waals surface area (Å²) in [6.07, 6.45) is 3.39. The van der Waals surface area contributed by atoms with E-state index in [4.69, 9.17) is 11.6 Å². The van der Waals surface area contributed by atoms with Crippen LogP contribution in [-0.2, 0) is 22.9 Å². The van der Waals surface area contributed by atoms with Crippen LogP contribution < -0.4 is 5.56 Å². The maximum absolute atomic E-state index is 13.6. The molecule has 3 heterocycles. The van der Waals surface area contributed by atoms with Gasteiger partial charge < -0.3 is 9.55 Å². The Kier molecular flexibility index (Phi) is 5.16. The summed E-state index contributed by atoms with van der Waals surface area (Å²) in [5.74, 6) is -0.384. The number of fused-ring (bicyclic) bond motifs is 2. The Balaban J connectivity index is 1.59. The number of sulfone groups is 1. The number of hydrogen-bond donors (Lipinski definition) is 1. The molecule has 9 heteroatoms. The average molecular weight is 472 g/mol. The monoisotopic (exact) mass is 471 g/mol. The van der Waals surface area contributed by atoms with Gasteiger partial charge in [0, 0.05) is 49.2 Å². The van der Waals surface area contributed by atoms with E-state index in [1.54, 1.807) is 36.7 Å². The molecule has 1 N–H and O–H groups in total. The molecule has 1 aliphatic rings. The second-order valence-electron chi connectivity index (χ2n) is 7.90. The zero-order chi connectivity index (χ0) is 22.5. The van der Waals surface area contributed by atoms with Crippen molar-refractivity contribution in [3.63, 3.8) is 0 Å². The maximum atomic E-state index is 13.6. The molecule has 0 unspecified atom stereocenters. The quantitative estimate of drug-likeness (QED) is 0.491. The molecule has 0 aliphatic carbocycles. The summed E-state index contributed by atoms with van der Waals surface area (Å²) in [6.45, 7) is 1.12. The van der Waals surface area contributed by atoms with Crippen LogP contribution in [0.2, 0.25) is 5.02 Å². The highest BCUT2D eigenvalue weighted by Gasteiger charge is 2.29. The number of nitrogens with one attached hydrogen (secondary N) is 1. The van der Waals surface area contributed by atoms with Crippen molar-refractivity contribution < 1.29 is 12.8 Å². The van der Waals surface area contributed by atoms with E-state index in [1.807, 2.05) is 15.5 Å². The van der Waals surface area contributed by atoms with Crippen LogP contribution in [-0.4, -0.2) is 35.2 Å². The lowest BCUT2D eigenvalue weighted by atomic mass is 10.1. The SMILES string of the molecule is O=c1cc(CN2CCS(=O)(=O)c3c(Cl)cc(-n4ccc5cc(F)ccc54)cc3C2)cc[nH]1. The van der Waals surface area contributed by atoms with Crippen molar-refractivity contribution in [1.29, 1.82) is 0 Å². The second-order valence-corrected chi connectivity index (χ2v) is 10.3. The summed E-state index contributed by atoms with van der Waals surface area (Å²) in [4.78, 5) is 16.4. The normalized spacial score (nSPS) is 16.1. The van der Waals surface area contributed by atoms with Crippen LogP contribution in [0.15, 0.2) is 70.6 Å². The van der Waals surface area contributed by atoms with E-state index >= 15 is 0 Å². The van der Waals surface area contributed by atoms with Gasteiger partial charge in [-0.25, -0.2) is 12.8 Å². The number of halogens is 2. The third-order valence-electron chi connectivity index (χ3n) is 5.66. The van der Waals surface area contributed by atoms with Crippen LogP contribution in [0.5, 0.6) is 0 Å². The van der Waals surface area contributed by atoms with Crippen LogP contribution in [0.3, 0.4) is 0 Å². The molecule has 0 atom stereocenters. The number of aromatic nitrogens is 2. The fourth-order valence-corrected chi connectivity index (χ4v) is 6.40. The Hall–Kier alpha value is -2.94. The van der Waals surface area contributed by atoms with Gasteiger partial charge in [-0.1, -0.05) is 11.6 Å². The molecular formula is C23H19ClFN3O3S. The van der Waals surface area contributed by atoms with Gasteiger partial charge in [0.2, 0.25) is 5.56 Å². The summed E-state index contributed by atoms with van der Waals surface area (Å²) in [5.41, 5.74) is 2.68. The molecule has 2 aromatic carbocycles. The lowest BCUT2D eigenvalue weighted by Crippen LogP contribution is -2.26. The number of nitrogens with zero attached hydrogens (tertiary/aromatic N) is 2. The van der Waals surface area contributed by atoms with Crippen molar-refractivity contribution in [3.8, 4) is 5.69 Å². The highest BCUT2D eigenvalue weighted by molar-refractivity contribution is 7.91. The molecular weight excluding hydrogens is 453 g/mol. The zero-order valence-electron chi connectivity index (χ0n) is 16.9. The average Bonchev–Trinajstić information content (AvgIpc) is 3.09. The minimum Gasteiger partial charge on any atom is -0.329 e. The molecule has 164 valence electrons. The molecule has 0 bridgehead atoms. The summed E-state index contributed by atoms with van der Waals surface area (Å²) < 4.78 is 41.4. The molecule has 1 aliphatic heterocycles. The molecule has 4 aromatic rings. The van der Waals surface area contributed by atoms with Gasteiger partial charge >= 0.3 is 0 Å². The zero-order valence-corrected chi connectivity index (χ0v) is 18.5. The third kappa shape index (κ3) is 3.85. The van der Waals surface area contributed by atoms with Crippen LogP contribution >= 0.6 is 11.6 Å². The Morgan fingerprint density at radius 3 is 2.75 bits per heavy atom. The van der Waals surface area contributed by atoms with Crippen molar-refractivity contribution in [2.45, 2.75) is 18.0 Å². The van der Waals surface area contributed by atoms with E-state index in [9.17, 15) is 17.6 Å². The molecule has 0 saturated heterocycles. The summed E-state index contributed by atoms with van der Waals surface area (Å²) in [7, 11) is -3.58. The summed E-state index contributed by atoms with van der Waals surface area (Å²) >= 11 is 6.51. The van der Waals surface area contributed by atoms with Crippen LogP contribution in [0.25, 0.3) is 16.6 Å². The van der Waals surface area contributed by atoms with E-state index in [-0.39, 0.29) is 27.0 Å². The topological polar surface area (TPSA) is 75.2 Å². The van der Waals surface area contributed by atoms with E-state index < -0.39 is 9.84 Å². The summed E-state index contributed by atoms with van der Waals surface area (Å²) in [6, 6.07) is 13.1. The number of hydrogen-bond acceptors (Lipinski definition) is 4. The smallest absolute Gasteiger partial charge is 0.248 e. The summed E-state index contributed by atoms with van der Waals surface area (Å²) in [5, 5.41) is 0.902. The molecule has 0 amide bonds. The Labute approximate surface area is 188 Å². The largest absolute Gasteiger partial charge is 0.329 e. The standard InChI is InChI=1S/C23H19ClFN3O3S/c24-20-12-19(28-6-4-16-10-18(25)1-2-21(16)28)11-17-14-27(7-8-32(30,31)23(17)20)13-15-3-5-26-22(29)9-15/h1-6,9-12H,7-8,13-14H2,(H,26,29). The number of H-pyrrole nitrogens is 1. The van der Waals surface area contributed by atoms with Crippen LogP contribution in [0, 0.1) is 5.82 Å². The lowest BCUT2D eigenvalue weighted by Gasteiger charge is -2.20. The minimum absolute atomic E-state index is 0.0615. The fourth-order valence-electron chi connectivity index (χ4n) is 4.23. The van der Waals surface area contributed by atoms with Gasteiger partial charge in [0.05, 0.1) is 21.2 Å². The molecule has 2 aromatic heterocycles. The van der Waals surface area contributed by atoms with Gasteiger partial charge in [-0.3, -0.25) is 9.69 Å². The maximum Gasteiger partial charge on any atom is 0.248 e. The third-order valence-corrected chi connectivity index (χ3v) is 7.90. The van der Waals surface area contributed by atoms with Crippen molar-refractivity contribution in [3.05, 3.63) is 93.2 Å². The van der Waals surface area contributed by atoms with Crippen molar-refractivity contribution >= 4 is 32.3 Å². The highest BCUT2D eigenvalue weighted by Crippen LogP contribution is 2.34. The Bertz CT molecular complexity index is 1510. The first-order valence-corrected chi connectivity index (χ1v) is 12.1. The molecule has 0 saturated carbocycles. The van der Waals surface area contributed by atoms with Gasteiger partial charge in [-0.05, 0) is 53.6 Å². The predicted octanol–water partition coefficient (Wildman–Crippen LogP) is 3.90. The van der Waals surface area contributed by atoms with E-state index in [2.05, 4.69) is 4.98 Å². The first kappa shape index (κ1) is 20.9. The Morgan fingerprint density at radius 2 is 1.94 bits per heavy atom. The van der Waals surface area contributed by atoms with Gasteiger partial charge in [-0.2, -0.15) is 0 Å². The van der Waals surface area contributed by atoms with E-state index in [0.717, 1.165) is 16.5 Å². The van der Waals surface area contributed by atoms with Crippen molar-refractivity contribution in [2.75, 3.05) is 12.3 Å². The highest BCUT2D eigenvalue weighted by atomic mass is 35.5. The Morgan fingerprint density at radius 1 is 1.09 bits per heavy atom. The van der Waals surface area contributed by atoms with Crippen molar-refractivity contribution in [2.24, 2.45) is 0 Å². The fraction of sp³-hybridized carbons (Fsp3) is 0.174. The van der Waals surface area contributed by atoms with E-state index in [0.29, 0.717) is 30.9 Å². The first-order valence-electron chi connectivity index (χ1n) is 10.0. The lowest BCUT2D eigenvalue weighted by molar-refractivity contribution is 0.273. The number of rotatable bonds is 3. The predicted molar refractivity (Wildman–Crippen MR) is 121 cm³/mol. The molecule has 6 nitrogen and oxygen atoms in total. The van der Waals surface area contributed by atoms with Crippen LogP contribution in [0.1, 0.15) is 11.1 Å². The molecule has 0 fully saturated rings. The molecule has 0 spiro atoms. The van der Waals surface area contributed by atoms with Crippen LogP contribution in [0.4, 0.5) is 4.39 Å². The van der Waals surface area contributed by atoms with E-state index in [1.165, 1.54) is 18.2 Å². The molecule has 5 rings (SSSR count). The minimum atomic E-state index is -3.58. The molecule has 0 radical (unpaired) electrons. The molecule has 32 heavy (non-hydrogen) atoms.